The normalized spacial score (nSPS) is 9.64. The number of benzene rings is 1. The first kappa shape index (κ1) is 13.8. The maximum Gasteiger partial charge on any atom is 0.243 e. The lowest BCUT2D eigenvalue weighted by Gasteiger charge is -2.01. The van der Waals surface area contributed by atoms with Crippen LogP contribution in [0.1, 0.15) is 33.3 Å². The summed E-state index contributed by atoms with van der Waals surface area (Å²) in [5.41, 5.74) is 1.32. The molecular weight excluding hydrogens is 183 g/mol. The maximum atomic E-state index is 2.33. The lowest BCUT2D eigenvalue weighted by molar-refractivity contribution is 0.971. The molecule has 0 bridgehead atoms. The van der Waals surface area contributed by atoms with Crippen molar-refractivity contribution in [3.8, 4) is 0 Å². The molecule has 0 amide bonds. The molecule has 1 aromatic carbocycles. The summed E-state index contributed by atoms with van der Waals surface area (Å²) in [6, 6.07) is 10.3. The maximum absolute atomic E-state index is 2.33. The molecule has 0 N–H and O–H groups in total. The molecule has 0 unspecified atom stereocenters. The molecular formula is C13H23Al. The highest BCUT2D eigenvalue weighted by molar-refractivity contribution is 6.38. The second kappa shape index (κ2) is 8.09. The second-order valence-electron chi connectivity index (χ2n) is 4.68. The summed E-state index contributed by atoms with van der Waals surface area (Å²) in [5, 5.41) is 0. The van der Waals surface area contributed by atoms with Crippen LogP contribution in [0.3, 0.4) is 0 Å². The van der Waals surface area contributed by atoms with Gasteiger partial charge in [0.2, 0.25) is 15.2 Å². The molecule has 0 aliphatic carbocycles. The van der Waals surface area contributed by atoms with Gasteiger partial charge < -0.3 is 0 Å². The average Bonchev–Trinajstić information content (AvgIpc) is 2.03. The standard InChI is InChI=1S/C7H8.2C3H7.Al.H/c1-7-5-3-2-4-6-7;2*1-3-2;;/h2-6H,1H3;2*3H,1-2H3;;. The van der Waals surface area contributed by atoms with Gasteiger partial charge in [-0.15, -0.1) is 0 Å². The summed E-state index contributed by atoms with van der Waals surface area (Å²) in [5.74, 6) is 0. The summed E-state index contributed by atoms with van der Waals surface area (Å²) < 4.78 is 2.03. The van der Waals surface area contributed by atoms with Gasteiger partial charge in [0.05, 0.1) is 0 Å². The minimum Gasteiger partial charge on any atom is -0.0912 e. The Morgan fingerprint density at radius 1 is 0.857 bits per heavy atom. The Labute approximate surface area is 95.4 Å². The molecule has 1 rings (SSSR count). The van der Waals surface area contributed by atoms with Crippen molar-refractivity contribution >= 4 is 15.2 Å². The van der Waals surface area contributed by atoms with Gasteiger partial charge >= 0.3 is 0 Å². The molecule has 0 atom stereocenters. The molecule has 0 saturated heterocycles. The van der Waals surface area contributed by atoms with E-state index in [1.54, 1.807) is 0 Å². The highest BCUT2D eigenvalue weighted by Gasteiger charge is 2.01. The molecule has 0 aliphatic heterocycles. The van der Waals surface area contributed by atoms with E-state index in [-0.39, 0.29) is 15.2 Å². The number of hydrogen-bond acceptors (Lipinski definition) is 0. The third-order valence-electron chi connectivity index (χ3n) is 1.88. The van der Waals surface area contributed by atoms with Gasteiger partial charge in [0, 0.05) is 0 Å². The van der Waals surface area contributed by atoms with Crippen molar-refractivity contribution in [1.82, 2.24) is 0 Å². The van der Waals surface area contributed by atoms with E-state index in [0.717, 1.165) is 9.56 Å². The highest BCUT2D eigenvalue weighted by Crippen LogP contribution is 2.07. The zero-order chi connectivity index (χ0) is 11.0. The molecule has 78 valence electrons. The van der Waals surface area contributed by atoms with E-state index < -0.39 is 0 Å². The summed E-state index contributed by atoms with van der Waals surface area (Å²) >= 11 is 0.281. The van der Waals surface area contributed by atoms with E-state index in [2.05, 4.69) is 46.8 Å². The Kier molecular flexibility index (Phi) is 7.95. The van der Waals surface area contributed by atoms with Crippen LogP contribution in [0.4, 0.5) is 0 Å². The molecule has 14 heavy (non-hydrogen) atoms. The molecule has 0 aromatic heterocycles. The van der Waals surface area contributed by atoms with Gasteiger partial charge in [-0.05, 0) is 6.92 Å². The summed E-state index contributed by atoms with van der Waals surface area (Å²) in [7, 11) is 0. The Balaban J connectivity index is 0.000000241. The van der Waals surface area contributed by atoms with Gasteiger partial charge in [0.1, 0.15) is 0 Å². The molecule has 0 heterocycles. The first-order chi connectivity index (χ1) is 6.52. The lowest BCUT2D eigenvalue weighted by Crippen LogP contribution is -1.98. The van der Waals surface area contributed by atoms with Crippen molar-refractivity contribution < 1.29 is 0 Å². The van der Waals surface area contributed by atoms with Crippen molar-refractivity contribution in [1.29, 1.82) is 0 Å². The molecule has 0 saturated carbocycles. The minimum absolute atomic E-state index is 0.281. The third-order valence-corrected chi connectivity index (χ3v) is 3.77. The average molecular weight is 206 g/mol. The zero-order valence-corrected chi connectivity index (χ0v) is 11.7. The van der Waals surface area contributed by atoms with E-state index in [9.17, 15) is 0 Å². The van der Waals surface area contributed by atoms with Crippen molar-refractivity contribution in [3.05, 3.63) is 35.9 Å². The zero-order valence-electron chi connectivity index (χ0n) is 10.2. The van der Waals surface area contributed by atoms with Gasteiger partial charge in [-0.1, -0.05) is 73.1 Å². The van der Waals surface area contributed by atoms with E-state index in [1.807, 2.05) is 18.2 Å². The first-order valence-electron chi connectivity index (χ1n) is 5.54. The molecule has 0 nitrogen and oxygen atoms in total. The van der Waals surface area contributed by atoms with Crippen LogP contribution in [-0.2, 0) is 0 Å². The number of aryl methyl sites for hydroxylation is 1. The van der Waals surface area contributed by atoms with Gasteiger partial charge in [-0.2, -0.15) is 0 Å². The molecule has 0 radical (unpaired) electrons. The number of hydrogen-bond donors (Lipinski definition) is 0. The van der Waals surface area contributed by atoms with Crippen molar-refractivity contribution in [2.45, 2.75) is 44.2 Å². The fourth-order valence-corrected chi connectivity index (χ4v) is 3.36. The quantitative estimate of drug-likeness (QED) is 0.640. The molecule has 1 aromatic rings. The molecule has 0 aliphatic rings. The summed E-state index contributed by atoms with van der Waals surface area (Å²) in [4.78, 5) is 0. The van der Waals surface area contributed by atoms with E-state index in [0.29, 0.717) is 0 Å². The van der Waals surface area contributed by atoms with E-state index >= 15 is 0 Å². The first-order valence-corrected chi connectivity index (χ1v) is 7.17. The predicted molar refractivity (Wildman–Crippen MR) is 68.5 cm³/mol. The van der Waals surface area contributed by atoms with E-state index in [1.165, 1.54) is 5.56 Å². The topological polar surface area (TPSA) is 0 Å². The van der Waals surface area contributed by atoms with Gasteiger partial charge in [-0.25, -0.2) is 0 Å². The van der Waals surface area contributed by atoms with Crippen LogP contribution in [0.5, 0.6) is 0 Å². The van der Waals surface area contributed by atoms with Crippen molar-refractivity contribution in [2.24, 2.45) is 0 Å². The van der Waals surface area contributed by atoms with Crippen LogP contribution in [0.15, 0.2) is 30.3 Å². The van der Waals surface area contributed by atoms with Gasteiger partial charge in [0.25, 0.3) is 0 Å². The Morgan fingerprint density at radius 2 is 1.29 bits per heavy atom. The molecule has 0 spiro atoms. The fourth-order valence-electron chi connectivity index (χ4n) is 1.48. The lowest BCUT2D eigenvalue weighted by atomic mass is 10.2. The second-order valence-corrected chi connectivity index (χ2v) is 8.42. The largest absolute Gasteiger partial charge is 0.243 e. The fraction of sp³-hybridized carbons (Fsp3) is 0.538. The summed E-state index contributed by atoms with van der Waals surface area (Å²) in [6.45, 7) is 11.4. The summed E-state index contributed by atoms with van der Waals surface area (Å²) in [6.07, 6.45) is 0. The Bertz CT molecular complexity index is 208. The predicted octanol–water partition coefficient (Wildman–Crippen LogP) is 4.07. The minimum atomic E-state index is 0.281. The molecule has 0 fully saturated rings. The SMILES string of the molecule is C[CH](C)[AlH][CH](C)C.Cc1ccccc1. The molecule has 1 heteroatoms. The van der Waals surface area contributed by atoms with Crippen LogP contribution in [0, 0.1) is 6.92 Å². The van der Waals surface area contributed by atoms with Crippen LogP contribution < -0.4 is 0 Å². The van der Waals surface area contributed by atoms with E-state index in [4.69, 9.17) is 0 Å². The smallest absolute Gasteiger partial charge is 0.0912 e. The van der Waals surface area contributed by atoms with Crippen molar-refractivity contribution in [2.75, 3.05) is 0 Å². The Morgan fingerprint density at radius 3 is 1.43 bits per heavy atom. The van der Waals surface area contributed by atoms with Gasteiger partial charge in [-0.3, -0.25) is 0 Å². The van der Waals surface area contributed by atoms with Crippen LogP contribution in [-0.4, -0.2) is 15.2 Å². The van der Waals surface area contributed by atoms with Crippen LogP contribution >= 0.6 is 0 Å². The number of rotatable bonds is 2. The third kappa shape index (κ3) is 9.84. The van der Waals surface area contributed by atoms with Crippen molar-refractivity contribution in [3.63, 3.8) is 0 Å². The highest BCUT2D eigenvalue weighted by atomic mass is 27.1. The van der Waals surface area contributed by atoms with Crippen LogP contribution in [0.25, 0.3) is 0 Å². The van der Waals surface area contributed by atoms with Crippen LogP contribution in [0.2, 0.25) is 9.56 Å². The monoisotopic (exact) mass is 206 g/mol. The van der Waals surface area contributed by atoms with Gasteiger partial charge in [0.15, 0.2) is 0 Å². The Hall–Kier alpha value is -0.248.